The average Bonchev–Trinajstić information content (AvgIpc) is 3.00. The normalized spacial score (nSPS) is 11.0. The zero-order valence-corrected chi connectivity index (χ0v) is 15.4. The second-order valence-corrected chi connectivity index (χ2v) is 6.54. The van der Waals surface area contributed by atoms with Gasteiger partial charge in [-0.15, -0.1) is 0 Å². The standard InChI is InChI=1S/C20H14ClFN4O2/c1-11-17-18(21)16(20(28)24-13-3-2-4-15(27)9-13)10-23-19(17)26(25-11)14-7-5-12(22)6-8-14/h2-10,27H,1H3,(H,24,28). The van der Waals surface area contributed by atoms with Gasteiger partial charge in [-0.3, -0.25) is 4.79 Å². The zero-order chi connectivity index (χ0) is 19.8. The van der Waals surface area contributed by atoms with Crippen molar-refractivity contribution in [2.75, 3.05) is 5.32 Å². The highest BCUT2D eigenvalue weighted by Crippen LogP contribution is 2.30. The average molecular weight is 397 g/mol. The molecule has 0 radical (unpaired) electrons. The van der Waals surface area contributed by atoms with Crippen molar-refractivity contribution >= 4 is 34.2 Å². The number of anilines is 1. The quantitative estimate of drug-likeness (QED) is 0.535. The number of fused-ring (bicyclic) bond motifs is 1. The molecule has 0 aliphatic rings. The van der Waals surface area contributed by atoms with Crippen LogP contribution in [-0.4, -0.2) is 25.8 Å². The van der Waals surface area contributed by atoms with Crippen molar-refractivity contribution in [2.45, 2.75) is 6.92 Å². The third-order valence-corrected chi connectivity index (χ3v) is 4.62. The molecule has 2 N–H and O–H groups in total. The number of nitrogens with zero attached hydrogens (tertiary/aromatic N) is 3. The summed E-state index contributed by atoms with van der Waals surface area (Å²) in [6.07, 6.45) is 1.37. The summed E-state index contributed by atoms with van der Waals surface area (Å²) in [4.78, 5) is 17.0. The molecule has 2 aromatic heterocycles. The van der Waals surface area contributed by atoms with Crippen molar-refractivity contribution in [3.05, 3.63) is 76.8 Å². The molecule has 0 aliphatic heterocycles. The molecule has 8 heteroatoms. The molecule has 0 fully saturated rings. The van der Waals surface area contributed by atoms with Crippen LogP contribution in [0.2, 0.25) is 5.02 Å². The minimum Gasteiger partial charge on any atom is -0.508 e. The summed E-state index contributed by atoms with van der Waals surface area (Å²) in [6.45, 7) is 1.76. The van der Waals surface area contributed by atoms with Crippen LogP contribution in [0.5, 0.6) is 5.75 Å². The minimum absolute atomic E-state index is 0.0360. The number of hydrogen-bond acceptors (Lipinski definition) is 4. The molecule has 0 bridgehead atoms. The zero-order valence-electron chi connectivity index (χ0n) is 14.6. The van der Waals surface area contributed by atoms with Gasteiger partial charge in [0.2, 0.25) is 0 Å². The number of carbonyl (C=O) groups excluding carboxylic acids is 1. The number of aryl methyl sites for hydroxylation is 1. The van der Waals surface area contributed by atoms with Crippen LogP contribution >= 0.6 is 11.6 Å². The number of amides is 1. The molecule has 1 amide bonds. The Morgan fingerprint density at radius 3 is 2.68 bits per heavy atom. The summed E-state index contributed by atoms with van der Waals surface area (Å²) in [5.41, 5.74) is 2.28. The first-order chi connectivity index (χ1) is 13.4. The number of benzene rings is 2. The number of hydrogen-bond donors (Lipinski definition) is 2. The number of rotatable bonds is 3. The molecule has 0 saturated carbocycles. The highest BCUT2D eigenvalue weighted by Gasteiger charge is 2.20. The topological polar surface area (TPSA) is 80.0 Å². The molecular formula is C20H14ClFN4O2. The number of phenols is 1. The monoisotopic (exact) mass is 396 g/mol. The van der Waals surface area contributed by atoms with E-state index in [1.165, 1.54) is 30.5 Å². The second-order valence-electron chi connectivity index (χ2n) is 6.16. The minimum atomic E-state index is -0.459. The summed E-state index contributed by atoms with van der Waals surface area (Å²) in [5, 5.41) is 17.4. The first kappa shape index (κ1) is 17.9. The van der Waals surface area contributed by atoms with E-state index in [0.717, 1.165) is 0 Å². The van der Waals surface area contributed by atoms with Crippen LogP contribution in [0.1, 0.15) is 16.1 Å². The fourth-order valence-electron chi connectivity index (χ4n) is 2.91. The van der Waals surface area contributed by atoms with Crippen molar-refractivity contribution in [1.82, 2.24) is 14.8 Å². The van der Waals surface area contributed by atoms with Crippen LogP contribution < -0.4 is 5.32 Å². The molecule has 0 unspecified atom stereocenters. The van der Waals surface area contributed by atoms with Crippen molar-refractivity contribution in [1.29, 1.82) is 0 Å². The van der Waals surface area contributed by atoms with Gasteiger partial charge in [0.15, 0.2) is 5.65 Å². The van der Waals surface area contributed by atoms with Crippen LogP contribution in [0.15, 0.2) is 54.7 Å². The van der Waals surface area contributed by atoms with Gasteiger partial charge in [-0.2, -0.15) is 5.10 Å². The van der Waals surface area contributed by atoms with Crippen molar-refractivity contribution in [3.63, 3.8) is 0 Å². The number of pyridine rings is 1. The molecular weight excluding hydrogens is 383 g/mol. The summed E-state index contributed by atoms with van der Waals surface area (Å²) in [7, 11) is 0. The Kier molecular flexibility index (Phi) is 4.44. The maximum absolute atomic E-state index is 13.2. The number of aromatic nitrogens is 3. The number of halogens is 2. The lowest BCUT2D eigenvalue weighted by Crippen LogP contribution is -2.13. The van der Waals surface area contributed by atoms with E-state index in [9.17, 15) is 14.3 Å². The van der Waals surface area contributed by atoms with E-state index in [1.807, 2.05) is 0 Å². The Hall–Kier alpha value is -3.45. The fraction of sp³-hybridized carbons (Fsp3) is 0.0500. The Morgan fingerprint density at radius 1 is 1.21 bits per heavy atom. The second kappa shape index (κ2) is 6.94. The van der Waals surface area contributed by atoms with Crippen molar-refractivity contribution in [3.8, 4) is 11.4 Å². The maximum atomic E-state index is 13.2. The highest BCUT2D eigenvalue weighted by molar-refractivity contribution is 6.39. The van der Waals surface area contributed by atoms with Crippen LogP contribution in [0.25, 0.3) is 16.7 Å². The highest BCUT2D eigenvalue weighted by atomic mass is 35.5. The number of nitrogens with one attached hydrogen (secondary N) is 1. The molecule has 6 nitrogen and oxygen atoms in total. The molecule has 4 aromatic rings. The first-order valence-electron chi connectivity index (χ1n) is 8.34. The third-order valence-electron chi connectivity index (χ3n) is 4.23. The van der Waals surface area contributed by atoms with Crippen LogP contribution in [0.4, 0.5) is 10.1 Å². The van der Waals surface area contributed by atoms with E-state index in [2.05, 4.69) is 15.4 Å². The molecule has 0 saturated heterocycles. The van der Waals surface area contributed by atoms with Gasteiger partial charge in [-0.25, -0.2) is 14.1 Å². The van der Waals surface area contributed by atoms with Crippen molar-refractivity contribution < 1.29 is 14.3 Å². The van der Waals surface area contributed by atoms with E-state index in [0.29, 0.717) is 28.1 Å². The predicted molar refractivity (Wildman–Crippen MR) is 105 cm³/mol. The van der Waals surface area contributed by atoms with Gasteiger partial charge in [-0.1, -0.05) is 17.7 Å². The fourth-order valence-corrected chi connectivity index (χ4v) is 3.27. The molecule has 2 aromatic carbocycles. The van der Waals surface area contributed by atoms with Gasteiger partial charge in [-0.05, 0) is 43.3 Å². The summed E-state index contributed by atoms with van der Waals surface area (Å²) in [6, 6.07) is 12.0. The summed E-state index contributed by atoms with van der Waals surface area (Å²) in [5.74, 6) is -0.776. The van der Waals surface area contributed by atoms with Crippen LogP contribution in [0, 0.1) is 12.7 Å². The lowest BCUT2D eigenvalue weighted by Gasteiger charge is -2.08. The van der Waals surface area contributed by atoms with Gasteiger partial charge < -0.3 is 10.4 Å². The first-order valence-corrected chi connectivity index (χ1v) is 8.72. The molecule has 0 atom stereocenters. The summed E-state index contributed by atoms with van der Waals surface area (Å²) < 4.78 is 14.8. The lowest BCUT2D eigenvalue weighted by atomic mass is 10.2. The maximum Gasteiger partial charge on any atom is 0.258 e. The van der Waals surface area contributed by atoms with Crippen LogP contribution in [-0.2, 0) is 0 Å². The van der Waals surface area contributed by atoms with Gasteiger partial charge in [0, 0.05) is 18.0 Å². The Labute approximate surface area is 164 Å². The van der Waals surface area contributed by atoms with Gasteiger partial charge in [0.1, 0.15) is 11.6 Å². The molecule has 4 rings (SSSR count). The third kappa shape index (κ3) is 3.16. The largest absolute Gasteiger partial charge is 0.508 e. The van der Waals surface area contributed by atoms with Gasteiger partial charge >= 0.3 is 0 Å². The Morgan fingerprint density at radius 2 is 1.96 bits per heavy atom. The Bertz CT molecular complexity index is 1210. The molecule has 28 heavy (non-hydrogen) atoms. The number of aromatic hydroxyl groups is 1. The van der Waals surface area contributed by atoms with Gasteiger partial charge in [0.25, 0.3) is 5.91 Å². The van der Waals surface area contributed by atoms with Crippen LogP contribution in [0.3, 0.4) is 0 Å². The van der Waals surface area contributed by atoms with E-state index in [4.69, 9.17) is 11.6 Å². The summed E-state index contributed by atoms with van der Waals surface area (Å²) >= 11 is 6.50. The number of phenolic OH excluding ortho intramolecular Hbond substituents is 1. The molecule has 2 heterocycles. The van der Waals surface area contributed by atoms with E-state index >= 15 is 0 Å². The number of carbonyl (C=O) groups is 1. The Balaban J connectivity index is 1.76. The molecule has 0 spiro atoms. The van der Waals surface area contributed by atoms with Gasteiger partial charge in [0.05, 0.1) is 27.4 Å². The smallest absolute Gasteiger partial charge is 0.258 e. The molecule has 0 aliphatic carbocycles. The SMILES string of the molecule is Cc1nn(-c2ccc(F)cc2)c2ncc(C(=O)Nc3cccc(O)c3)c(Cl)c12. The van der Waals surface area contributed by atoms with E-state index in [-0.39, 0.29) is 22.2 Å². The predicted octanol–water partition coefficient (Wildman–Crippen LogP) is 4.48. The van der Waals surface area contributed by atoms with Crippen molar-refractivity contribution in [2.24, 2.45) is 0 Å². The lowest BCUT2D eigenvalue weighted by molar-refractivity contribution is 0.102. The van der Waals surface area contributed by atoms with E-state index in [1.54, 1.807) is 35.9 Å². The van der Waals surface area contributed by atoms with E-state index < -0.39 is 5.91 Å². The molecule has 140 valence electrons.